The fourth-order valence-corrected chi connectivity index (χ4v) is 4.22. The third-order valence-electron chi connectivity index (χ3n) is 6.33. The topological polar surface area (TPSA) is 66.3 Å². The highest BCUT2D eigenvalue weighted by Gasteiger charge is 2.36. The summed E-state index contributed by atoms with van der Waals surface area (Å²) >= 11 is 0. The van der Waals surface area contributed by atoms with Crippen LogP contribution in [-0.2, 0) is 11.6 Å². The summed E-state index contributed by atoms with van der Waals surface area (Å²) in [7, 11) is 0. The Morgan fingerprint density at radius 3 is 2.19 bits per heavy atom. The number of halogens is 3. The van der Waals surface area contributed by atoms with E-state index in [0.717, 1.165) is 49.3 Å². The molecule has 2 aromatic heterocycles. The summed E-state index contributed by atoms with van der Waals surface area (Å²) in [6, 6.07) is 8.76. The molecule has 0 aliphatic carbocycles. The van der Waals surface area contributed by atoms with Crippen molar-refractivity contribution >= 4 is 22.6 Å². The Bertz CT molecular complexity index is 1130. The predicted molar refractivity (Wildman–Crippen MR) is 134 cm³/mol. The Labute approximate surface area is 209 Å². The van der Waals surface area contributed by atoms with Crippen LogP contribution in [-0.4, -0.2) is 64.7 Å². The molecule has 36 heavy (non-hydrogen) atoms. The minimum Gasteiger partial charge on any atom is -0.354 e. The molecule has 3 heterocycles. The summed E-state index contributed by atoms with van der Waals surface area (Å²) in [5.74, 6) is 0.534. The maximum absolute atomic E-state index is 13.4. The Hall–Kier alpha value is -3.14. The number of rotatable bonds is 6. The summed E-state index contributed by atoms with van der Waals surface area (Å²) in [6.45, 7) is 9.61. The smallest absolute Gasteiger partial charge is 0.354 e. The molecule has 1 fully saturated rings. The second kappa shape index (κ2) is 10.5. The molecule has 0 unspecified atom stereocenters. The highest BCUT2D eigenvalue weighted by molar-refractivity contribution is 5.88. The van der Waals surface area contributed by atoms with E-state index in [1.54, 1.807) is 4.57 Å². The number of aromatic nitrogens is 3. The summed E-state index contributed by atoms with van der Waals surface area (Å²) in [5, 5.41) is 5.00. The highest BCUT2D eigenvalue weighted by atomic mass is 19.4. The number of piperazine rings is 1. The Morgan fingerprint density at radius 2 is 1.61 bits per heavy atom. The third kappa shape index (κ3) is 6.34. The number of hydrogen-bond donors (Lipinski definition) is 1. The van der Waals surface area contributed by atoms with Gasteiger partial charge in [-0.25, -0.2) is 14.8 Å². The van der Waals surface area contributed by atoms with Crippen LogP contribution in [0.5, 0.6) is 0 Å². The van der Waals surface area contributed by atoms with Crippen LogP contribution in [0.25, 0.3) is 10.8 Å². The van der Waals surface area contributed by atoms with Crippen molar-refractivity contribution in [3.05, 3.63) is 54.2 Å². The first kappa shape index (κ1) is 25.9. The van der Waals surface area contributed by atoms with Gasteiger partial charge < -0.3 is 10.2 Å². The number of anilines is 1. The molecule has 0 radical (unpaired) electrons. The normalized spacial score (nSPS) is 15.4. The first-order valence-corrected chi connectivity index (χ1v) is 12.3. The van der Waals surface area contributed by atoms with Crippen LogP contribution < -0.4 is 10.2 Å². The second-order valence-electron chi connectivity index (χ2n) is 10.2. The van der Waals surface area contributed by atoms with Crippen molar-refractivity contribution in [1.29, 1.82) is 0 Å². The Balaban J connectivity index is 1.22. The molecule has 1 N–H and O–H groups in total. The molecule has 0 bridgehead atoms. The molecule has 3 aromatic rings. The van der Waals surface area contributed by atoms with Crippen molar-refractivity contribution in [3.63, 3.8) is 0 Å². The molecule has 0 spiro atoms. The summed E-state index contributed by atoms with van der Waals surface area (Å²) in [5.41, 5.74) is -1.47. The van der Waals surface area contributed by atoms with E-state index in [1.807, 2.05) is 62.3 Å². The van der Waals surface area contributed by atoms with Gasteiger partial charge in [0.15, 0.2) is 0 Å². The summed E-state index contributed by atoms with van der Waals surface area (Å²) in [6.07, 6.45) is 0.911. The minimum atomic E-state index is -4.51. The number of hydrogen-bond acceptors (Lipinski definition) is 5. The molecule has 4 rings (SSSR count). The van der Waals surface area contributed by atoms with Gasteiger partial charge >= 0.3 is 12.2 Å². The lowest BCUT2D eigenvalue weighted by Gasteiger charge is -2.36. The molecular weight excluding hydrogens is 469 g/mol. The molecular formula is C26H33F3N6O. The zero-order chi connectivity index (χ0) is 25.9. The number of carbonyl (C=O) groups excluding carboxylic acids is 1. The van der Waals surface area contributed by atoms with Gasteiger partial charge in [-0.2, -0.15) is 13.2 Å². The maximum Gasteiger partial charge on any atom is 0.433 e. The fourth-order valence-electron chi connectivity index (χ4n) is 4.22. The van der Waals surface area contributed by atoms with Crippen molar-refractivity contribution in [1.82, 2.24) is 24.8 Å². The lowest BCUT2D eigenvalue weighted by Crippen LogP contribution is -2.47. The number of nitrogens with zero attached hydrogens (tertiary/aromatic N) is 5. The van der Waals surface area contributed by atoms with E-state index in [4.69, 9.17) is 0 Å². The second-order valence-corrected chi connectivity index (χ2v) is 10.2. The van der Waals surface area contributed by atoms with Crippen LogP contribution in [0, 0.1) is 0 Å². The maximum atomic E-state index is 13.4. The van der Waals surface area contributed by atoms with Gasteiger partial charge in [-0.05, 0) is 30.2 Å². The molecule has 194 valence electrons. The number of benzene rings is 1. The molecule has 1 aromatic carbocycles. The van der Waals surface area contributed by atoms with E-state index in [1.165, 1.54) is 0 Å². The van der Waals surface area contributed by atoms with E-state index < -0.39 is 17.3 Å². The van der Waals surface area contributed by atoms with Crippen LogP contribution >= 0.6 is 0 Å². The van der Waals surface area contributed by atoms with Crippen molar-refractivity contribution in [3.8, 4) is 0 Å². The molecule has 1 aliphatic heterocycles. The van der Waals surface area contributed by atoms with Crippen molar-refractivity contribution in [2.75, 3.05) is 44.2 Å². The first-order valence-electron chi connectivity index (χ1n) is 12.3. The standard InChI is InChI=1S/C26H33F3N6O/c1-25(2,3)23-31-21(26(27,28)29)16-22(32-23)34-14-12-33(13-15-34)11-7-6-10-30-24(36)35-17-19-8-4-5-9-20(19)18-35/h4-5,8-9,16-18H,6-7,10-15H2,1-3H3,(H,30,36). The van der Waals surface area contributed by atoms with Crippen LogP contribution in [0.1, 0.15) is 45.1 Å². The first-order chi connectivity index (χ1) is 17.0. The molecule has 1 saturated heterocycles. The number of alkyl halides is 3. The monoisotopic (exact) mass is 502 g/mol. The molecule has 0 saturated carbocycles. The van der Waals surface area contributed by atoms with Gasteiger partial charge in [0.2, 0.25) is 0 Å². The number of amides is 1. The van der Waals surface area contributed by atoms with E-state index >= 15 is 0 Å². The van der Waals surface area contributed by atoms with E-state index in [-0.39, 0.29) is 11.9 Å². The summed E-state index contributed by atoms with van der Waals surface area (Å²) in [4.78, 5) is 24.8. The van der Waals surface area contributed by atoms with E-state index in [9.17, 15) is 18.0 Å². The average Bonchev–Trinajstić information content (AvgIpc) is 3.27. The zero-order valence-corrected chi connectivity index (χ0v) is 21.0. The van der Waals surface area contributed by atoms with Crippen LogP contribution in [0.15, 0.2) is 42.7 Å². The fraction of sp³-hybridized carbons (Fsp3) is 0.500. The Morgan fingerprint density at radius 1 is 0.972 bits per heavy atom. The van der Waals surface area contributed by atoms with Crippen LogP contribution in [0.2, 0.25) is 0 Å². The number of unbranched alkanes of at least 4 members (excludes halogenated alkanes) is 1. The summed E-state index contributed by atoms with van der Waals surface area (Å²) < 4.78 is 41.8. The van der Waals surface area contributed by atoms with Crippen molar-refractivity contribution in [2.45, 2.75) is 45.2 Å². The lowest BCUT2D eigenvalue weighted by atomic mass is 9.95. The molecule has 10 heteroatoms. The number of nitrogens with one attached hydrogen (secondary N) is 1. The zero-order valence-electron chi connectivity index (χ0n) is 21.0. The quantitative estimate of drug-likeness (QED) is 0.486. The molecule has 7 nitrogen and oxygen atoms in total. The largest absolute Gasteiger partial charge is 0.433 e. The number of fused-ring (bicyclic) bond motifs is 1. The lowest BCUT2D eigenvalue weighted by molar-refractivity contribution is -0.141. The average molecular weight is 503 g/mol. The van der Waals surface area contributed by atoms with Crippen LogP contribution in [0.3, 0.4) is 0 Å². The van der Waals surface area contributed by atoms with Crippen LogP contribution in [0.4, 0.5) is 23.8 Å². The van der Waals surface area contributed by atoms with Gasteiger partial charge in [-0.1, -0.05) is 45.0 Å². The van der Waals surface area contributed by atoms with E-state index in [0.29, 0.717) is 25.5 Å². The molecule has 0 atom stereocenters. The van der Waals surface area contributed by atoms with Crippen molar-refractivity contribution < 1.29 is 18.0 Å². The Kier molecular flexibility index (Phi) is 7.54. The van der Waals surface area contributed by atoms with Crippen molar-refractivity contribution in [2.24, 2.45) is 0 Å². The van der Waals surface area contributed by atoms with E-state index in [2.05, 4.69) is 20.2 Å². The van der Waals surface area contributed by atoms with Gasteiger partial charge in [-0.3, -0.25) is 9.47 Å². The van der Waals surface area contributed by atoms with Gasteiger partial charge in [0.1, 0.15) is 17.3 Å². The van der Waals surface area contributed by atoms with Gasteiger partial charge in [0.25, 0.3) is 0 Å². The van der Waals surface area contributed by atoms with Gasteiger partial charge in [0, 0.05) is 56.6 Å². The van der Waals surface area contributed by atoms with Gasteiger partial charge in [-0.15, -0.1) is 0 Å². The molecule has 1 amide bonds. The predicted octanol–water partition coefficient (Wildman–Crippen LogP) is 4.91. The SMILES string of the molecule is CC(C)(C)c1nc(N2CCN(CCCCNC(=O)n3cc4ccccc4c3)CC2)cc(C(F)(F)F)n1. The minimum absolute atomic E-state index is 0.141. The third-order valence-corrected chi connectivity index (χ3v) is 6.33. The van der Waals surface area contributed by atoms with Gasteiger partial charge in [0.05, 0.1) is 0 Å². The number of carbonyl (C=O) groups is 1. The highest BCUT2D eigenvalue weighted by Crippen LogP contribution is 2.32. The molecule has 1 aliphatic rings.